The van der Waals surface area contributed by atoms with Crippen LogP contribution >= 0.6 is 0 Å². The molecule has 176 valence electrons. The number of halogens is 2. The van der Waals surface area contributed by atoms with Crippen molar-refractivity contribution in [3.05, 3.63) is 29.7 Å². The molecule has 0 spiro atoms. The molecule has 1 aliphatic carbocycles. The monoisotopic (exact) mass is 464 g/mol. The van der Waals surface area contributed by atoms with Crippen LogP contribution in [0.15, 0.2) is 22.6 Å². The van der Waals surface area contributed by atoms with Crippen molar-refractivity contribution in [2.24, 2.45) is 11.7 Å². The van der Waals surface area contributed by atoms with Crippen molar-refractivity contribution in [2.75, 3.05) is 19.7 Å². The number of carbonyl (C=O) groups excluding carboxylic acids is 3. The van der Waals surface area contributed by atoms with Crippen LogP contribution in [-0.4, -0.2) is 53.9 Å². The minimum atomic E-state index is -3.03. The fourth-order valence-electron chi connectivity index (χ4n) is 3.29. The summed E-state index contributed by atoms with van der Waals surface area (Å²) in [7, 11) is 0. The lowest BCUT2D eigenvalue weighted by Crippen LogP contribution is -2.53. The molecule has 1 atom stereocenters. The largest absolute Gasteiger partial charge is 0.489 e. The first-order valence-corrected chi connectivity index (χ1v) is 10.3. The van der Waals surface area contributed by atoms with Gasteiger partial charge in [-0.25, -0.2) is 4.98 Å². The summed E-state index contributed by atoms with van der Waals surface area (Å²) >= 11 is 0. The van der Waals surface area contributed by atoms with Gasteiger partial charge in [-0.3, -0.25) is 19.7 Å². The van der Waals surface area contributed by atoms with E-state index < -0.39 is 30.4 Å². The van der Waals surface area contributed by atoms with Gasteiger partial charge in [0, 0.05) is 5.56 Å². The molecule has 10 nitrogen and oxygen atoms in total. The van der Waals surface area contributed by atoms with E-state index >= 15 is 0 Å². The van der Waals surface area contributed by atoms with E-state index in [4.69, 9.17) is 14.9 Å². The third kappa shape index (κ3) is 5.28. The number of amides is 3. The predicted octanol–water partition coefficient (Wildman–Crippen LogP) is 1.85. The SMILES string of the molecule is CC(N)c1oc(-c2ccc(OC(F)F)c(OCC3CC3)c2)nc1C(=O)N1CC(=O)NC(=O)C1. The van der Waals surface area contributed by atoms with Gasteiger partial charge in [-0.1, -0.05) is 0 Å². The van der Waals surface area contributed by atoms with E-state index in [0.717, 1.165) is 17.7 Å². The van der Waals surface area contributed by atoms with E-state index in [0.29, 0.717) is 18.1 Å². The lowest BCUT2D eigenvalue weighted by molar-refractivity contribution is -0.135. The normalized spacial score (nSPS) is 17.2. The van der Waals surface area contributed by atoms with Crippen molar-refractivity contribution >= 4 is 17.7 Å². The van der Waals surface area contributed by atoms with Crippen molar-refractivity contribution < 1.29 is 37.1 Å². The Labute approximate surface area is 187 Å². The molecule has 33 heavy (non-hydrogen) atoms. The number of piperazine rings is 1. The number of hydrogen-bond acceptors (Lipinski definition) is 8. The molecule has 1 saturated heterocycles. The molecule has 0 radical (unpaired) electrons. The highest BCUT2D eigenvalue weighted by Gasteiger charge is 2.32. The van der Waals surface area contributed by atoms with Gasteiger partial charge in [0.05, 0.1) is 12.6 Å². The Bertz CT molecular complexity index is 1070. The van der Waals surface area contributed by atoms with Crippen LogP contribution in [0.2, 0.25) is 0 Å². The molecule has 1 aliphatic heterocycles. The van der Waals surface area contributed by atoms with Crippen LogP contribution in [0.25, 0.3) is 11.5 Å². The number of ether oxygens (including phenoxy) is 2. The van der Waals surface area contributed by atoms with Crippen molar-refractivity contribution in [1.29, 1.82) is 0 Å². The second kappa shape index (κ2) is 9.14. The maximum Gasteiger partial charge on any atom is 0.387 e. The zero-order chi connectivity index (χ0) is 23.7. The zero-order valence-electron chi connectivity index (χ0n) is 17.7. The standard InChI is InChI=1S/C21H22F2N4O6/c1-10(24)18-17(20(30)27-7-15(28)25-16(29)8-27)26-19(33-18)12-4-5-13(32-21(22)23)14(6-12)31-9-11-2-3-11/h4-6,10-11,21H,2-3,7-9,24H2,1H3,(H,25,28,29). The minimum Gasteiger partial charge on any atom is -0.489 e. The predicted molar refractivity (Wildman–Crippen MR) is 108 cm³/mol. The van der Waals surface area contributed by atoms with Crippen molar-refractivity contribution in [1.82, 2.24) is 15.2 Å². The Morgan fingerprint density at radius 1 is 1.27 bits per heavy atom. The van der Waals surface area contributed by atoms with Gasteiger partial charge in [0.1, 0.15) is 13.1 Å². The molecule has 2 aliphatic rings. The first-order valence-electron chi connectivity index (χ1n) is 10.3. The molecule has 3 N–H and O–H groups in total. The number of carbonyl (C=O) groups is 3. The Morgan fingerprint density at radius 3 is 2.58 bits per heavy atom. The summed E-state index contributed by atoms with van der Waals surface area (Å²) in [6.07, 6.45) is 2.01. The first-order chi connectivity index (χ1) is 15.7. The molecular formula is C21H22F2N4O6. The molecule has 1 aromatic heterocycles. The van der Waals surface area contributed by atoms with Gasteiger partial charge in [0.25, 0.3) is 5.91 Å². The van der Waals surface area contributed by atoms with Gasteiger partial charge in [-0.2, -0.15) is 8.78 Å². The molecule has 3 amide bonds. The average Bonchev–Trinajstić information content (AvgIpc) is 3.46. The van der Waals surface area contributed by atoms with Crippen LogP contribution in [0, 0.1) is 5.92 Å². The number of alkyl halides is 2. The lowest BCUT2D eigenvalue weighted by Gasteiger charge is -2.24. The molecule has 2 fully saturated rings. The molecule has 2 heterocycles. The molecule has 1 aromatic carbocycles. The van der Waals surface area contributed by atoms with Gasteiger partial charge in [0.15, 0.2) is 23.0 Å². The van der Waals surface area contributed by atoms with E-state index in [-0.39, 0.29) is 41.9 Å². The maximum atomic E-state index is 13.0. The summed E-state index contributed by atoms with van der Waals surface area (Å²) < 4.78 is 41.5. The maximum absolute atomic E-state index is 13.0. The quantitative estimate of drug-likeness (QED) is 0.565. The summed E-state index contributed by atoms with van der Waals surface area (Å²) in [5.74, 6) is -1.54. The highest BCUT2D eigenvalue weighted by Crippen LogP contribution is 2.37. The first kappa shape index (κ1) is 22.6. The van der Waals surface area contributed by atoms with E-state index in [2.05, 4.69) is 15.0 Å². The molecule has 1 unspecified atom stereocenters. The molecule has 1 saturated carbocycles. The number of imide groups is 1. The fourth-order valence-corrected chi connectivity index (χ4v) is 3.29. The third-order valence-electron chi connectivity index (χ3n) is 5.08. The lowest BCUT2D eigenvalue weighted by atomic mass is 10.2. The Hall–Kier alpha value is -3.54. The number of aromatic nitrogens is 1. The Morgan fingerprint density at radius 2 is 1.97 bits per heavy atom. The zero-order valence-corrected chi connectivity index (χ0v) is 17.7. The average molecular weight is 464 g/mol. The summed E-state index contributed by atoms with van der Waals surface area (Å²) in [5, 5.41) is 2.11. The van der Waals surface area contributed by atoms with Crippen LogP contribution in [0.3, 0.4) is 0 Å². The van der Waals surface area contributed by atoms with Gasteiger partial charge in [-0.15, -0.1) is 0 Å². The summed E-state index contributed by atoms with van der Waals surface area (Å²) in [4.78, 5) is 41.6. The molecule has 2 aromatic rings. The molecular weight excluding hydrogens is 442 g/mol. The molecule has 12 heteroatoms. The van der Waals surface area contributed by atoms with E-state index in [1.165, 1.54) is 18.2 Å². The topological polar surface area (TPSA) is 137 Å². The van der Waals surface area contributed by atoms with Gasteiger partial charge in [0.2, 0.25) is 17.7 Å². The Balaban J connectivity index is 1.65. The van der Waals surface area contributed by atoms with Crippen LogP contribution in [0.4, 0.5) is 8.78 Å². The number of nitrogens with two attached hydrogens (primary N) is 1. The van der Waals surface area contributed by atoms with Crippen molar-refractivity contribution in [2.45, 2.75) is 32.4 Å². The number of rotatable bonds is 8. The second-order valence-electron chi connectivity index (χ2n) is 7.95. The minimum absolute atomic E-state index is 0.00157. The number of benzene rings is 1. The van der Waals surface area contributed by atoms with Crippen molar-refractivity contribution in [3.63, 3.8) is 0 Å². The number of oxazole rings is 1. The Kier molecular flexibility index (Phi) is 6.27. The van der Waals surface area contributed by atoms with Gasteiger partial charge < -0.3 is 24.5 Å². The van der Waals surface area contributed by atoms with Crippen LogP contribution in [-0.2, 0) is 9.59 Å². The van der Waals surface area contributed by atoms with Crippen molar-refractivity contribution in [3.8, 4) is 23.0 Å². The number of nitrogens with one attached hydrogen (secondary N) is 1. The molecule has 0 bridgehead atoms. The fraction of sp³-hybridized carbons (Fsp3) is 0.429. The highest BCUT2D eigenvalue weighted by atomic mass is 19.3. The summed E-state index contributed by atoms with van der Waals surface area (Å²) in [6.45, 7) is -1.72. The highest BCUT2D eigenvalue weighted by molar-refractivity contribution is 6.05. The summed E-state index contributed by atoms with van der Waals surface area (Å²) in [5.41, 5.74) is 6.15. The van der Waals surface area contributed by atoms with Crippen LogP contribution in [0.5, 0.6) is 11.5 Å². The van der Waals surface area contributed by atoms with E-state index in [1.54, 1.807) is 6.92 Å². The number of hydrogen-bond donors (Lipinski definition) is 2. The third-order valence-corrected chi connectivity index (χ3v) is 5.08. The number of nitrogens with zero attached hydrogens (tertiary/aromatic N) is 2. The van der Waals surface area contributed by atoms with Gasteiger partial charge >= 0.3 is 6.61 Å². The molecule has 4 rings (SSSR count). The smallest absolute Gasteiger partial charge is 0.387 e. The van der Waals surface area contributed by atoms with Crippen LogP contribution < -0.4 is 20.5 Å². The van der Waals surface area contributed by atoms with Crippen LogP contribution in [0.1, 0.15) is 42.1 Å². The van der Waals surface area contributed by atoms with Gasteiger partial charge in [-0.05, 0) is 43.9 Å². The second-order valence-corrected chi connectivity index (χ2v) is 7.95. The summed E-state index contributed by atoms with van der Waals surface area (Å²) in [6, 6.07) is 3.44. The van der Waals surface area contributed by atoms with E-state index in [9.17, 15) is 23.2 Å². The van der Waals surface area contributed by atoms with E-state index in [1.807, 2.05) is 0 Å².